The van der Waals surface area contributed by atoms with Gasteiger partial charge in [-0.2, -0.15) is 0 Å². The maximum Gasteiger partial charge on any atom is 0.198 e. The van der Waals surface area contributed by atoms with E-state index in [1.807, 2.05) is 18.3 Å². The smallest absolute Gasteiger partial charge is 0.198 e. The summed E-state index contributed by atoms with van der Waals surface area (Å²) < 4.78 is 2.16. The van der Waals surface area contributed by atoms with Crippen LogP contribution in [0.25, 0.3) is 15.9 Å². The normalized spacial score (nSPS) is 13.5. The molecular formula is C21H20N4S3. The lowest BCUT2D eigenvalue weighted by molar-refractivity contribution is 0.817. The first-order valence-electron chi connectivity index (χ1n) is 9.34. The zero-order chi connectivity index (χ0) is 19.1. The van der Waals surface area contributed by atoms with Gasteiger partial charge in [-0.25, -0.2) is 9.38 Å². The van der Waals surface area contributed by atoms with Crippen LogP contribution in [-0.4, -0.2) is 25.3 Å². The van der Waals surface area contributed by atoms with Crippen LogP contribution in [0.4, 0.5) is 0 Å². The van der Waals surface area contributed by atoms with Crippen molar-refractivity contribution in [3.63, 3.8) is 0 Å². The largest absolute Gasteiger partial charge is 0.247 e. The molecule has 7 heteroatoms. The minimum Gasteiger partial charge on any atom is -0.247 e. The molecule has 0 spiro atoms. The first-order chi connectivity index (χ1) is 13.7. The molecule has 0 radical (unpaired) electrons. The first kappa shape index (κ1) is 18.2. The number of aromatic nitrogens is 4. The maximum atomic E-state index is 5.07. The van der Waals surface area contributed by atoms with Gasteiger partial charge in [0.1, 0.15) is 4.83 Å². The second-order valence-corrected chi connectivity index (χ2v) is 10.1. The van der Waals surface area contributed by atoms with Crippen molar-refractivity contribution in [2.45, 2.75) is 42.3 Å². The SMILES string of the molecule is C=C(C)CSc1nnc2c3c4c(sc3nc(SCc3ccccc3)n12)CCC4. The van der Waals surface area contributed by atoms with Crippen LogP contribution in [0.15, 0.2) is 52.8 Å². The predicted octanol–water partition coefficient (Wildman–Crippen LogP) is 5.79. The molecule has 0 fully saturated rings. The summed E-state index contributed by atoms with van der Waals surface area (Å²) >= 11 is 5.28. The molecule has 3 aromatic heterocycles. The van der Waals surface area contributed by atoms with Crippen molar-refractivity contribution in [1.82, 2.24) is 19.6 Å². The molecule has 0 atom stereocenters. The highest BCUT2D eigenvalue weighted by Crippen LogP contribution is 2.40. The standard InChI is InChI=1S/C21H20N4S3/c1-13(2)11-26-21-24-23-18-17-15-9-6-10-16(15)28-19(17)22-20(25(18)21)27-12-14-7-4-3-5-8-14/h3-5,7-8H,1,6,9-12H2,2H3. The van der Waals surface area contributed by atoms with E-state index >= 15 is 0 Å². The van der Waals surface area contributed by atoms with E-state index in [2.05, 4.69) is 51.5 Å². The maximum absolute atomic E-state index is 5.07. The number of aryl methyl sites for hydroxylation is 2. The van der Waals surface area contributed by atoms with Gasteiger partial charge >= 0.3 is 0 Å². The third-order valence-corrected chi connectivity index (χ3v) is 8.16. The Kier molecular flexibility index (Phi) is 4.90. The fraction of sp³-hybridized carbons (Fsp3) is 0.286. The van der Waals surface area contributed by atoms with Gasteiger partial charge in [-0.05, 0) is 37.3 Å². The van der Waals surface area contributed by atoms with Gasteiger partial charge in [0.15, 0.2) is 16.0 Å². The molecule has 1 aliphatic carbocycles. The third-order valence-electron chi connectivity index (χ3n) is 4.81. The Hall–Kier alpha value is -1.83. The minimum absolute atomic E-state index is 0.837. The quantitative estimate of drug-likeness (QED) is 0.223. The molecule has 0 saturated heterocycles. The van der Waals surface area contributed by atoms with Gasteiger partial charge in [0.25, 0.3) is 0 Å². The number of fused-ring (bicyclic) bond motifs is 5. The highest BCUT2D eigenvalue weighted by molar-refractivity contribution is 7.99. The molecular weight excluding hydrogens is 404 g/mol. The van der Waals surface area contributed by atoms with Crippen molar-refractivity contribution < 1.29 is 0 Å². The number of benzene rings is 1. The minimum atomic E-state index is 0.837. The van der Waals surface area contributed by atoms with Crippen LogP contribution in [0.3, 0.4) is 0 Å². The molecule has 0 N–H and O–H groups in total. The molecule has 28 heavy (non-hydrogen) atoms. The summed E-state index contributed by atoms with van der Waals surface area (Å²) in [4.78, 5) is 7.66. The first-order valence-corrected chi connectivity index (χ1v) is 12.1. The van der Waals surface area contributed by atoms with E-state index in [1.165, 1.54) is 34.2 Å². The van der Waals surface area contributed by atoms with Gasteiger partial charge in [0.2, 0.25) is 0 Å². The van der Waals surface area contributed by atoms with E-state index in [0.717, 1.165) is 44.3 Å². The molecule has 0 amide bonds. The van der Waals surface area contributed by atoms with E-state index in [0.29, 0.717) is 0 Å². The third kappa shape index (κ3) is 3.25. The van der Waals surface area contributed by atoms with Gasteiger partial charge in [-0.1, -0.05) is 66.0 Å². The second kappa shape index (κ2) is 7.54. The Morgan fingerprint density at radius 1 is 1.14 bits per heavy atom. The number of hydrogen-bond donors (Lipinski definition) is 0. The highest BCUT2D eigenvalue weighted by Gasteiger charge is 2.24. The Balaban J connectivity index is 1.63. The molecule has 3 heterocycles. The molecule has 142 valence electrons. The number of hydrogen-bond acceptors (Lipinski definition) is 6. The molecule has 0 aliphatic heterocycles. The number of rotatable bonds is 6. The van der Waals surface area contributed by atoms with Gasteiger partial charge < -0.3 is 0 Å². The molecule has 4 aromatic rings. The summed E-state index contributed by atoms with van der Waals surface area (Å²) in [6.45, 7) is 6.07. The molecule has 0 bridgehead atoms. The monoisotopic (exact) mass is 424 g/mol. The molecule has 4 nitrogen and oxygen atoms in total. The average molecular weight is 425 g/mol. The van der Waals surface area contributed by atoms with Crippen molar-refractivity contribution in [2.24, 2.45) is 0 Å². The molecule has 0 unspecified atom stereocenters. The van der Waals surface area contributed by atoms with Crippen LogP contribution in [0.5, 0.6) is 0 Å². The van der Waals surface area contributed by atoms with Crippen molar-refractivity contribution in [1.29, 1.82) is 0 Å². The van der Waals surface area contributed by atoms with E-state index in [9.17, 15) is 0 Å². The number of thiophene rings is 1. The average Bonchev–Trinajstić information content (AvgIpc) is 3.39. The summed E-state index contributed by atoms with van der Waals surface area (Å²) in [5.41, 5.74) is 4.83. The van der Waals surface area contributed by atoms with Crippen LogP contribution >= 0.6 is 34.9 Å². The van der Waals surface area contributed by atoms with Crippen molar-refractivity contribution in [2.75, 3.05) is 5.75 Å². The van der Waals surface area contributed by atoms with Crippen LogP contribution in [-0.2, 0) is 18.6 Å². The van der Waals surface area contributed by atoms with Gasteiger partial charge in [-0.3, -0.25) is 0 Å². The van der Waals surface area contributed by atoms with Crippen LogP contribution in [0.2, 0.25) is 0 Å². The Labute approximate surface area is 176 Å². The molecule has 1 aliphatic rings. The fourth-order valence-corrected chi connectivity index (χ4v) is 6.63. The van der Waals surface area contributed by atoms with Crippen molar-refractivity contribution >= 4 is 50.7 Å². The molecule has 0 saturated carbocycles. The number of thioether (sulfide) groups is 2. The molecule has 1 aromatic carbocycles. The lowest BCUT2D eigenvalue weighted by Crippen LogP contribution is -1.98. The van der Waals surface area contributed by atoms with Gasteiger partial charge in [-0.15, -0.1) is 21.5 Å². The van der Waals surface area contributed by atoms with E-state index in [1.54, 1.807) is 23.5 Å². The lowest BCUT2D eigenvalue weighted by Gasteiger charge is -2.08. The number of nitrogens with zero attached hydrogens (tertiary/aromatic N) is 4. The summed E-state index contributed by atoms with van der Waals surface area (Å²) in [5, 5.41) is 12.2. The van der Waals surface area contributed by atoms with Crippen LogP contribution in [0, 0.1) is 0 Å². The Morgan fingerprint density at radius 3 is 2.82 bits per heavy atom. The van der Waals surface area contributed by atoms with Gasteiger partial charge in [0, 0.05) is 16.4 Å². The van der Waals surface area contributed by atoms with E-state index in [4.69, 9.17) is 4.98 Å². The summed E-state index contributed by atoms with van der Waals surface area (Å²) in [6.07, 6.45) is 3.53. The van der Waals surface area contributed by atoms with Crippen molar-refractivity contribution in [3.8, 4) is 0 Å². The lowest BCUT2D eigenvalue weighted by atomic mass is 10.2. The van der Waals surface area contributed by atoms with Crippen LogP contribution in [0.1, 0.15) is 29.3 Å². The zero-order valence-corrected chi connectivity index (χ0v) is 18.1. The van der Waals surface area contributed by atoms with Crippen LogP contribution < -0.4 is 0 Å². The summed E-state index contributed by atoms with van der Waals surface area (Å²) in [5.74, 6) is 1.71. The second-order valence-electron chi connectivity index (χ2n) is 7.09. The topological polar surface area (TPSA) is 43.1 Å². The van der Waals surface area contributed by atoms with E-state index < -0.39 is 0 Å². The van der Waals surface area contributed by atoms with E-state index in [-0.39, 0.29) is 0 Å². The predicted molar refractivity (Wildman–Crippen MR) is 120 cm³/mol. The zero-order valence-electron chi connectivity index (χ0n) is 15.6. The van der Waals surface area contributed by atoms with Crippen molar-refractivity contribution in [3.05, 3.63) is 58.5 Å². The molecule has 5 rings (SSSR count). The fourth-order valence-electron chi connectivity index (χ4n) is 3.54. The van der Waals surface area contributed by atoms with Gasteiger partial charge in [0.05, 0.1) is 5.39 Å². The Morgan fingerprint density at radius 2 is 2.00 bits per heavy atom. The summed E-state index contributed by atoms with van der Waals surface area (Å²) in [6, 6.07) is 10.5. The highest BCUT2D eigenvalue weighted by atomic mass is 32.2. The Bertz CT molecular complexity index is 1180. The summed E-state index contributed by atoms with van der Waals surface area (Å²) in [7, 11) is 0.